The maximum atomic E-state index is 12.8. The molecule has 1 fully saturated rings. The first-order valence-corrected chi connectivity index (χ1v) is 9.70. The number of carbonyl (C=O) groups is 2. The molecule has 1 saturated heterocycles. The third-order valence-corrected chi connectivity index (χ3v) is 5.36. The monoisotopic (exact) mass is 364 g/mol. The lowest BCUT2D eigenvalue weighted by Gasteiger charge is -2.18. The number of rotatable bonds is 5. The molecule has 0 spiro atoms. The van der Waals surface area contributed by atoms with Crippen LogP contribution in [0.15, 0.2) is 42.5 Å². The Morgan fingerprint density at radius 3 is 2.52 bits per heavy atom. The summed E-state index contributed by atoms with van der Waals surface area (Å²) in [5, 5.41) is 3.07. The largest absolute Gasteiger partial charge is 0.325 e. The number of nitrogens with zero attached hydrogens (tertiary/aromatic N) is 1. The first-order valence-electron chi connectivity index (χ1n) is 9.70. The van der Waals surface area contributed by atoms with Crippen LogP contribution in [0.3, 0.4) is 0 Å². The van der Waals surface area contributed by atoms with Crippen molar-refractivity contribution in [3.8, 4) is 0 Å². The van der Waals surface area contributed by atoms with Gasteiger partial charge in [0.15, 0.2) is 0 Å². The number of hydrogen-bond acceptors (Lipinski definition) is 2. The molecule has 1 atom stereocenters. The van der Waals surface area contributed by atoms with E-state index in [0.717, 1.165) is 28.9 Å². The topological polar surface area (TPSA) is 49.4 Å². The van der Waals surface area contributed by atoms with E-state index in [1.165, 1.54) is 5.56 Å². The molecule has 1 heterocycles. The predicted octanol–water partition coefficient (Wildman–Crippen LogP) is 4.67. The quantitative estimate of drug-likeness (QED) is 0.838. The Morgan fingerprint density at radius 1 is 1.19 bits per heavy atom. The Hall–Kier alpha value is -2.62. The Balaban J connectivity index is 1.72. The Kier molecular flexibility index (Phi) is 5.64. The molecule has 2 amide bonds. The average Bonchev–Trinajstić information content (AvgIpc) is 3.05. The van der Waals surface area contributed by atoms with Gasteiger partial charge in [-0.15, -0.1) is 0 Å². The minimum atomic E-state index is -0.327. The molecule has 2 aromatic carbocycles. The van der Waals surface area contributed by atoms with Crippen LogP contribution in [0.4, 0.5) is 11.4 Å². The number of amides is 2. The van der Waals surface area contributed by atoms with Crippen molar-refractivity contribution < 1.29 is 9.59 Å². The molecule has 27 heavy (non-hydrogen) atoms. The van der Waals surface area contributed by atoms with Gasteiger partial charge in [0.2, 0.25) is 11.8 Å². The molecule has 0 bridgehead atoms. The smallest absolute Gasteiger partial charge is 0.229 e. The van der Waals surface area contributed by atoms with E-state index in [1.54, 1.807) is 4.90 Å². The SMILES string of the molecule is CCc1cccc(C)c1NC(=O)C1CC(=O)N(c2ccc(C(C)C)cc2)C1. The number of carbonyl (C=O) groups excluding carboxylic acids is 2. The van der Waals surface area contributed by atoms with Crippen molar-refractivity contribution in [1.82, 2.24) is 0 Å². The fraction of sp³-hybridized carbons (Fsp3) is 0.391. The van der Waals surface area contributed by atoms with Gasteiger partial charge in [-0.05, 0) is 48.1 Å². The van der Waals surface area contributed by atoms with Gasteiger partial charge in [-0.2, -0.15) is 0 Å². The van der Waals surface area contributed by atoms with Gasteiger partial charge in [0, 0.05) is 24.3 Å². The molecule has 1 aliphatic rings. The number of para-hydroxylation sites is 1. The van der Waals surface area contributed by atoms with E-state index in [4.69, 9.17) is 0 Å². The summed E-state index contributed by atoms with van der Waals surface area (Å²) in [5.74, 6) is 0.0573. The fourth-order valence-corrected chi connectivity index (χ4v) is 3.60. The minimum Gasteiger partial charge on any atom is -0.325 e. The van der Waals surface area contributed by atoms with Crippen molar-refractivity contribution in [2.24, 2.45) is 5.92 Å². The van der Waals surface area contributed by atoms with Crippen molar-refractivity contribution in [2.45, 2.75) is 46.5 Å². The van der Waals surface area contributed by atoms with E-state index < -0.39 is 0 Å². The minimum absolute atomic E-state index is 0.00736. The van der Waals surface area contributed by atoms with E-state index in [9.17, 15) is 9.59 Å². The lowest BCUT2D eigenvalue weighted by atomic mass is 10.0. The Labute approximate surface area is 161 Å². The van der Waals surface area contributed by atoms with E-state index in [-0.39, 0.29) is 24.2 Å². The zero-order valence-corrected chi connectivity index (χ0v) is 16.6. The second-order valence-electron chi connectivity index (χ2n) is 7.60. The zero-order valence-electron chi connectivity index (χ0n) is 16.6. The summed E-state index contributed by atoms with van der Waals surface area (Å²) in [6.07, 6.45) is 1.11. The Bertz CT molecular complexity index is 840. The summed E-state index contributed by atoms with van der Waals surface area (Å²) >= 11 is 0. The standard InChI is InChI=1S/C23H28N2O2/c1-5-17-8-6-7-16(4)22(17)24-23(27)19-13-21(26)25(14-19)20-11-9-18(10-12-20)15(2)3/h6-12,15,19H,5,13-14H2,1-4H3,(H,24,27). The molecular formula is C23H28N2O2. The summed E-state index contributed by atoms with van der Waals surface area (Å²) in [5.41, 5.74) is 5.16. The van der Waals surface area contributed by atoms with Gasteiger partial charge in [0.25, 0.3) is 0 Å². The van der Waals surface area contributed by atoms with E-state index in [2.05, 4.69) is 38.2 Å². The molecule has 0 aromatic heterocycles. The van der Waals surface area contributed by atoms with Crippen molar-refractivity contribution in [2.75, 3.05) is 16.8 Å². The highest BCUT2D eigenvalue weighted by atomic mass is 16.2. The van der Waals surface area contributed by atoms with Gasteiger partial charge in [-0.25, -0.2) is 0 Å². The molecule has 0 saturated carbocycles. The molecular weight excluding hydrogens is 336 g/mol. The lowest BCUT2D eigenvalue weighted by Crippen LogP contribution is -2.28. The van der Waals surface area contributed by atoms with Crippen LogP contribution in [0.25, 0.3) is 0 Å². The first kappa shape index (κ1) is 19.2. The highest BCUT2D eigenvalue weighted by Crippen LogP contribution is 2.29. The molecule has 4 heteroatoms. The summed E-state index contributed by atoms with van der Waals surface area (Å²) in [6.45, 7) is 8.79. The molecule has 0 aliphatic carbocycles. The summed E-state index contributed by atoms with van der Waals surface area (Å²) in [4.78, 5) is 27.0. The van der Waals surface area contributed by atoms with Crippen molar-refractivity contribution >= 4 is 23.2 Å². The third kappa shape index (κ3) is 4.05. The van der Waals surface area contributed by atoms with Crippen LogP contribution in [0.1, 0.15) is 49.8 Å². The Morgan fingerprint density at radius 2 is 1.89 bits per heavy atom. The second kappa shape index (κ2) is 7.95. The molecule has 0 radical (unpaired) electrons. The van der Waals surface area contributed by atoms with Gasteiger partial charge < -0.3 is 10.2 Å². The number of anilines is 2. The van der Waals surface area contributed by atoms with Gasteiger partial charge in [-0.1, -0.05) is 51.1 Å². The second-order valence-corrected chi connectivity index (χ2v) is 7.60. The third-order valence-electron chi connectivity index (χ3n) is 5.36. The van der Waals surface area contributed by atoms with Crippen molar-refractivity contribution in [3.05, 3.63) is 59.2 Å². The van der Waals surface area contributed by atoms with Gasteiger partial charge >= 0.3 is 0 Å². The predicted molar refractivity (Wildman–Crippen MR) is 110 cm³/mol. The van der Waals surface area contributed by atoms with Crippen LogP contribution in [-0.4, -0.2) is 18.4 Å². The lowest BCUT2D eigenvalue weighted by molar-refractivity contribution is -0.122. The maximum Gasteiger partial charge on any atom is 0.229 e. The van der Waals surface area contributed by atoms with Crippen LogP contribution >= 0.6 is 0 Å². The molecule has 1 N–H and O–H groups in total. The van der Waals surface area contributed by atoms with Crippen LogP contribution in [0.2, 0.25) is 0 Å². The molecule has 1 unspecified atom stereocenters. The van der Waals surface area contributed by atoms with Gasteiger partial charge in [0.1, 0.15) is 0 Å². The van der Waals surface area contributed by atoms with Crippen molar-refractivity contribution in [3.63, 3.8) is 0 Å². The van der Waals surface area contributed by atoms with Crippen LogP contribution < -0.4 is 10.2 Å². The summed E-state index contributed by atoms with van der Waals surface area (Å²) in [7, 11) is 0. The van der Waals surface area contributed by atoms with Crippen LogP contribution in [-0.2, 0) is 16.0 Å². The van der Waals surface area contributed by atoms with Gasteiger partial charge in [0.05, 0.1) is 5.92 Å². The van der Waals surface area contributed by atoms with Gasteiger partial charge in [-0.3, -0.25) is 9.59 Å². The van der Waals surface area contributed by atoms with E-state index in [1.807, 2.05) is 37.3 Å². The first-order chi connectivity index (χ1) is 12.9. The normalized spacial score (nSPS) is 16.9. The molecule has 1 aliphatic heterocycles. The summed E-state index contributed by atoms with van der Waals surface area (Å²) < 4.78 is 0. The van der Waals surface area contributed by atoms with Crippen LogP contribution in [0, 0.1) is 12.8 Å². The molecule has 4 nitrogen and oxygen atoms in total. The maximum absolute atomic E-state index is 12.8. The number of benzene rings is 2. The highest BCUT2D eigenvalue weighted by Gasteiger charge is 2.35. The summed E-state index contributed by atoms with van der Waals surface area (Å²) in [6, 6.07) is 14.1. The number of hydrogen-bond donors (Lipinski definition) is 1. The van der Waals surface area contributed by atoms with Crippen LogP contribution in [0.5, 0.6) is 0 Å². The fourth-order valence-electron chi connectivity index (χ4n) is 3.60. The zero-order chi connectivity index (χ0) is 19.6. The van der Waals surface area contributed by atoms with Crippen molar-refractivity contribution in [1.29, 1.82) is 0 Å². The van der Waals surface area contributed by atoms with E-state index >= 15 is 0 Å². The van der Waals surface area contributed by atoms with E-state index in [0.29, 0.717) is 12.5 Å². The number of aryl methyl sites for hydroxylation is 2. The molecule has 3 rings (SSSR count). The average molecular weight is 364 g/mol. The number of nitrogens with one attached hydrogen (secondary N) is 1. The highest BCUT2D eigenvalue weighted by molar-refractivity contribution is 6.04. The molecule has 2 aromatic rings. The molecule has 142 valence electrons.